The lowest BCUT2D eigenvalue weighted by Gasteiger charge is -2.07. The van der Waals surface area contributed by atoms with Crippen LogP contribution in [0.15, 0.2) is 30.5 Å². The molecule has 0 aliphatic carbocycles. The predicted molar refractivity (Wildman–Crippen MR) is 71.6 cm³/mol. The fraction of sp³-hybridized carbons (Fsp3) is 0.143. The Labute approximate surface area is 123 Å². The highest BCUT2D eigenvalue weighted by molar-refractivity contribution is 6.32. The first kappa shape index (κ1) is 15.3. The molecule has 7 heteroatoms. The van der Waals surface area contributed by atoms with Crippen LogP contribution in [0.25, 0.3) is 0 Å². The number of nitrogens with one attached hydrogen (secondary N) is 1. The number of aromatic nitrogens is 1. The molecule has 0 bridgehead atoms. The Hall–Kier alpha value is -2.08. The lowest BCUT2D eigenvalue weighted by molar-refractivity contribution is 0.0953. The Morgan fingerprint density at radius 2 is 1.76 bits per heavy atom. The van der Waals surface area contributed by atoms with Crippen LogP contribution in [0.3, 0.4) is 0 Å². The van der Waals surface area contributed by atoms with E-state index in [1.165, 1.54) is 12.1 Å². The van der Waals surface area contributed by atoms with E-state index >= 15 is 0 Å². The van der Waals surface area contributed by atoms with Crippen LogP contribution in [0.5, 0.6) is 0 Å². The third kappa shape index (κ3) is 4.19. The van der Waals surface area contributed by atoms with Gasteiger partial charge < -0.3 is 5.32 Å². The summed E-state index contributed by atoms with van der Waals surface area (Å²) in [6.07, 6.45) is 1.12. The topological polar surface area (TPSA) is 42.0 Å². The molecule has 21 heavy (non-hydrogen) atoms. The zero-order chi connectivity index (χ0) is 15.4. The van der Waals surface area contributed by atoms with Gasteiger partial charge in [0, 0.05) is 12.6 Å². The van der Waals surface area contributed by atoms with Gasteiger partial charge in [-0.1, -0.05) is 11.6 Å². The van der Waals surface area contributed by atoms with Gasteiger partial charge in [-0.05, 0) is 30.2 Å². The van der Waals surface area contributed by atoms with Gasteiger partial charge in [0.1, 0.15) is 22.6 Å². The molecule has 0 atom stereocenters. The van der Waals surface area contributed by atoms with E-state index in [0.717, 1.165) is 18.3 Å². The maximum absolute atomic E-state index is 13.0. The van der Waals surface area contributed by atoms with Crippen molar-refractivity contribution in [2.24, 2.45) is 0 Å². The molecule has 0 fully saturated rings. The SMILES string of the molecule is O=C(NCCc1cc(F)cc(F)c1)c1cc(F)cnc1Cl. The van der Waals surface area contributed by atoms with Crippen LogP contribution >= 0.6 is 11.6 Å². The van der Waals surface area contributed by atoms with E-state index in [1.54, 1.807) is 0 Å². The minimum atomic E-state index is -0.686. The number of nitrogens with zero attached hydrogens (tertiary/aromatic N) is 1. The van der Waals surface area contributed by atoms with Gasteiger partial charge >= 0.3 is 0 Å². The minimum absolute atomic E-state index is 0.0953. The Morgan fingerprint density at radius 3 is 2.43 bits per heavy atom. The first-order chi connectivity index (χ1) is 9.95. The lowest BCUT2D eigenvalue weighted by atomic mass is 10.1. The van der Waals surface area contributed by atoms with Crippen LogP contribution in [0, 0.1) is 17.5 Å². The van der Waals surface area contributed by atoms with E-state index in [9.17, 15) is 18.0 Å². The number of hydrogen-bond donors (Lipinski definition) is 1. The van der Waals surface area contributed by atoms with E-state index in [2.05, 4.69) is 10.3 Å². The average molecular weight is 315 g/mol. The molecule has 2 rings (SSSR count). The summed E-state index contributed by atoms with van der Waals surface area (Å²) in [6.45, 7) is 0.120. The third-order valence-electron chi connectivity index (χ3n) is 2.67. The molecular weight excluding hydrogens is 305 g/mol. The van der Waals surface area contributed by atoms with Crippen molar-refractivity contribution in [2.45, 2.75) is 6.42 Å². The Morgan fingerprint density at radius 1 is 1.10 bits per heavy atom. The van der Waals surface area contributed by atoms with Gasteiger partial charge in [-0.25, -0.2) is 18.2 Å². The number of carbonyl (C=O) groups is 1. The van der Waals surface area contributed by atoms with Crippen LogP contribution in [0.2, 0.25) is 5.15 Å². The van der Waals surface area contributed by atoms with Crippen molar-refractivity contribution in [3.05, 3.63) is 64.2 Å². The van der Waals surface area contributed by atoms with Gasteiger partial charge in [-0.3, -0.25) is 4.79 Å². The molecule has 1 heterocycles. The smallest absolute Gasteiger partial charge is 0.254 e. The van der Waals surface area contributed by atoms with E-state index < -0.39 is 23.4 Å². The van der Waals surface area contributed by atoms with Crippen LogP contribution in [-0.4, -0.2) is 17.4 Å². The Balaban J connectivity index is 1.96. The fourth-order valence-electron chi connectivity index (χ4n) is 1.75. The molecule has 3 nitrogen and oxygen atoms in total. The van der Waals surface area contributed by atoms with Crippen molar-refractivity contribution in [1.29, 1.82) is 0 Å². The van der Waals surface area contributed by atoms with Gasteiger partial charge in [0.15, 0.2) is 0 Å². The van der Waals surface area contributed by atoms with E-state index in [0.29, 0.717) is 5.56 Å². The zero-order valence-electron chi connectivity index (χ0n) is 10.7. The van der Waals surface area contributed by atoms with Crippen molar-refractivity contribution < 1.29 is 18.0 Å². The molecule has 1 aromatic carbocycles. The molecule has 110 valence electrons. The largest absolute Gasteiger partial charge is 0.352 e. The number of hydrogen-bond acceptors (Lipinski definition) is 2. The monoisotopic (exact) mass is 314 g/mol. The Kier molecular flexibility index (Phi) is 4.80. The molecule has 0 spiro atoms. The Bertz CT molecular complexity index is 659. The maximum atomic E-state index is 13.0. The molecule has 0 aliphatic heterocycles. The number of rotatable bonds is 4. The second-order valence-electron chi connectivity index (χ2n) is 4.28. The van der Waals surface area contributed by atoms with E-state index in [1.807, 2.05) is 0 Å². The number of benzene rings is 1. The van der Waals surface area contributed by atoms with Crippen LogP contribution < -0.4 is 5.32 Å². The van der Waals surface area contributed by atoms with Crippen molar-refractivity contribution in [3.63, 3.8) is 0 Å². The van der Waals surface area contributed by atoms with Crippen molar-refractivity contribution >= 4 is 17.5 Å². The van der Waals surface area contributed by atoms with Crippen LogP contribution in [-0.2, 0) is 6.42 Å². The summed E-state index contributed by atoms with van der Waals surface area (Å²) in [6, 6.07) is 4.07. The maximum Gasteiger partial charge on any atom is 0.254 e. The number of carbonyl (C=O) groups excluding carboxylic acids is 1. The fourth-order valence-corrected chi connectivity index (χ4v) is 1.94. The van der Waals surface area contributed by atoms with Gasteiger partial charge in [0.25, 0.3) is 5.91 Å². The zero-order valence-corrected chi connectivity index (χ0v) is 11.4. The third-order valence-corrected chi connectivity index (χ3v) is 2.97. The average Bonchev–Trinajstić information content (AvgIpc) is 2.40. The molecule has 1 aromatic heterocycles. The number of pyridine rings is 1. The molecule has 2 aromatic rings. The quantitative estimate of drug-likeness (QED) is 0.881. The number of amides is 1. The highest BCUT2D eigenvalue weighted by Crippen LogP contribution is 2.13. The van der Waals surface area contributed by atoms with Crippen molar-refractivity contribution in [1.82, 2.24) is 10.3 Å². The van der Waals surface area contributed by atoms with Crippen molar-refractivity contribution in [3.8, 4) is 0 Å². The highest BCUT2D eigenvalue weighted by Gasteiger charge is 2.12. The summed E-state index contributed by atoms with van der Waals surface area (Å²) in [4.78, 5) is 15.3. The van der Waals surface area contributed by atoms with E-state index in [-0.39, 0.29) is 23.7 Å². The van der Waals surface area contributed by atoms with Crippen molar-refractivity contribution in [2.75, 3.05) is 6.54 Å². The summed E-state index contributed by atoms with van der Waals surface area (Å²) in [7, 11) is 0. The summed E-state index contributed by atoms with van der Waals surface area (Å²) >= 11 is 5.69. The molecular formula is C14H10ClF3N2O. The second-order valence-corrected chi connectivity index (χ2v) is 4.63. The van der Waals surface area contributed by atoms with Crippen LogP contribution in [0.4, 0.5) is 13.2 Å². The van der Waals surface area contributed by atoms with Gasteiger partial charge in [0.05, 0.1) is 11.8 Å². The first-order valence-electron chi connectivity index (χ1n) is 6.00. The molecule has 0 radical (unpaired) electrons. The minimum Gasteiger partial charge on any atom is -0.352 e. The summed E-state index contributed by atoms with van der Waals surface area (Å²) in [5.74, 6) is -2.66. The molecule has 1 N–H and O–H groups in total. The molecule has 0 aliphatic rings. The second kappa shape index (κ2) is 6.58. The lowest BCUT2D eigenvalue weighted by Crippen LogP contribution is -2.26. The van der Waals surface area contributed by atoms with E-state index in [4.69, 9.17) is 11.6 Å². The van der Waals surface area contributed by atoms with Crippen LogP contribution in [0.1, 0.15) is 15.9 Å². The highest BCUT2D eigenvalue weighted by atomic mass is 35.5. The van der Waals surface area contributed by atoms with Gasteiger partial charge in [-0.2, -0.15) is 0 Å². The first-order valence-corrected chi connectivity index (χ1v) is 6.38. The van der Waals surface area contributed by atoms with Gasteiger partial charge in [0.2, 0.25) is 0 Å². The molecule has 0 saturated heterocycles. The normalized spacial score (nSPS) is 10.5. The summed E-state index contributed by atoms with van der Waals surface area (Å²) in [5, 5.41) is 2.36. The standard InChI is InChI=1S/C14H10ClF3N2O/c15-13-12(6-11(18)7-20-13)14(21)19-2-1-8-3-9(16)5-10(17)4-8/h3-7H,1-2H2,(H,19,21). The summed E-state index contributed by atoms with van der Waals surface area (Å²) < 4.78 is 39.0. The molecule has 0 unspecified atom stereocenters. The molecule has 0 saturated carbocycles. The number of halogens is 4. The predicted octanol–water partition coefficient (Wildman–Crippen LogP) is 3.12. The molecule has 1 amide bonds. The summed E-state index contributed by atoms with van der Waals surface area (Å²) in [5.41, 5.74) is 0.304. The van der Waals surface area contributed by atoms with Gasteiger partial charge in [-0.15, -0.1) is 0 Å².